The number of hydrogen-bond donors (Lipinski definition) is 1. The molecule has 16 heavy (non-hydrogen) atoms. The van der Waals surface area contributed by atoms with E-state index in [0.29, 0.717) is 12.8 Å². The molecule has 1 heterocycles. The minimum atomic E-state index is -4.29. The van der Waals surface area contributed by atoms with Crippen LogP contribution in [0.5, 0.6) is 0 Å². The number of alkyl halides is 3. The molecule has 1 aliphatic heterocycles. The van der Waals surface area contributed by atoms with Gasteiger partial charge in [0.05, 0.1) is 6.04 Å². The molecule has 1 amide bonds. The predicted molar refractivity (Wildman–Crippen MR) is 51.8 cm³/mol. The Morgan fingerprint density at radius 3 is 2.50 bits per heavy atom. The quantitative estimate of drug-likeness (QED) is 0.783. The van der Waals surface area contributed by atoms with Crippen LogP contribution in [0.4, 0.5) is 13.2 Å². The normalized spacial score (nSPS) is 29.4. The van der Waals surface area contributed by atoms with Gasteiger partial charge in [-0.1, -0.05) is 0 Å². The number of likely N-dealkylation sites (N-methyl/N-ethyl adjacent to an activating group) is 1. The van der Waals surface area contributed by atoms with Crippen molar-refractivity contribution in [3.63, 3.8) is 0 Å². The summed E-state index contributed by atoms with van der Waals surface area (Å²) < 4.78 is 38.6. The fraction of sp³-hybridized carbons (Fsp3) is 0.900. The summed E-state index contributed by atoms with van der Waals surface area (Å²) in [7, 11) is 1.61. The maximum absolute atomic E-state index is 12.9. The van der Waals surface area contributed by atoms with Crippen molar-refractivity contribution in [2.75, 3.05) is 13.6 Å². The smallest absolute Gasteiger partial charge is 0.327 e. The van der Waals surface area contributed by atoms with Gasteiger partial charge in [-0.05, 0) is 32.7 Å². The summed E-state index contributed by atoms with van der Waals surface area (Å²) in [6.07, 6.45) is -2.93. The highest BCUT2D eigenvalue weighted by molar-refractivity contribution is 5.84. The molecular formula is C10H15F3N2O. The molecule has 0 spiro atoms. The van der Waals surface area contributed by atoms with Crippen molar-refractivity contribution in [3.05, 3.63) is 0 Å². The van der Waals surface area contributed by atoms with Crippen molar-refractivity contribution in [2.24, 2.45) is 0 Å². The van der Waals surface area contributed by atoms with Crippen LogP contribution in [0.15, 0.2) is 0 Å². The van der Waals surface area contributed by atoms with Crippen molar-refractivity contribution in [2.45, 2.75) is 43.4 Å². The molecule has 2 rings (SSSR count). The van der Waals surface area contributed by atoms with Gasteiger partial charge >= 0.3 is 6.18 Å². The molecule has 3 nitrogen and oxygen atoms in total. The standard InChI is InChI=1S/C10H15F3N2O/c1-14-7-3-2-6-15(8(7)16)9(4-5-9)10(11,12)13/h7,14H,2-6H2,1H3. The second-order valence-electron chi connectivity index (χ2n) is 4.50. The molecule has 1 atom stereocenters. The molecule has 1 saturated heterocycles. The number of rotatable bonds is 2. The third-order valence-electron chi connectivity index (χ3n) is 3.56. The number of hydrogen-bond acceptors (Lipinski definition) is 2. The van der Waals surface area contributed by atoms with Crippen molar-refractivity contribution in [1.29, 1.82) is 0 Å². The molecule has 0 aromatic heterocycles. The van der Waals surface area contributed by atoms with Crippen LogP contribution < -0.4 is 5.32 Å². The zero-order chi connectivity index (χ0) is 12.0. The monoisotopic (exact) mass is 236 g/mol. The average molecular weight is 236 g/mol. The van der Waals surface area contributed by atoms with E-state index in [9.17, 15) is 18.0 Å². The van der Waals surface area contributed by atoms with Crippen LogP contribution in [-0.2, 0) is 4.79 Å². The first-order valence-corrected chi connectivity index (χ1v) is 5.48. The highest BCUT2D eigenvalue weighted by Gasteiger charge is 2.68. The Hall–Kier alpha value is -0.780. The first kappa shape index (κ1) is 11.7. The lowest BCUT2D eigenvalue weighted by atomic mass is 10.0. The van der Waals surface area contributed by atoms with Crippen molar-refractivity contribution >= 4 is 5.91 Å². The summed E-state index contributed by atoms with van der Waals surface area (Å²) in [5.41, 5.74) is -1.85. The van der Waals surface area contributed by atoms with Crippen LogP contribution in [0, 0.1) is 0 Å². The van der Waals surface area contributed by atoms with E-state index in [1.165, 1.54) is 0 Å². The van der Waals surface area contributed by atoms with Gasteiger partial charge in [-0.25, -0.2) is 0 Å². The van der Waals surface area contributed by atoms with Crippen molar-refractivity contribution in [3.8, 4) is 0 Å². The van der Waals surface area contributed by atoms with Crippen LogP contribution in [0.1, 0.15) is 25.7 Å². The third kappa shape index (κ3) is 1.59. The maximum Gasteiger partial charge on any atom is 0.411 e. The van der Waals surface area contributed by atoms with Gasteiger partial charge in [0.15, 0.2) is 0 Å². The third-order valence-corrected chi connectivity index (χ3v) is 3.56. The predicted octanol–water partition coefficient (Wildman–Crippen LogP) is 1.29. The van der Waals surface area contributed by atoms with E-state index in [4.69, 9.17) is 0 Å². The Morgan fingerprint density at radius 1 is 1.44 bits per heavy atom. The van der Waals surface area contributed by atoms with Gasteiger partial charge in [0.25, 0.3) is 0 Å². The fourth-order valence-corrected chi connectivity index (χ4v) is 2.39. The molecule has 0 bridgehead atoms. The maximum atomic E-state index is 12.9. The van der Waals surface area contributed by atoms with E-state index < -0.39 is 23.7 Å². The van der Waals surface area contributed by atoms with Gasteiger partial charge in [-0.3, -0.25) is 4.79 Å². The molecule has 92 valence electrons. The van der Waals surface area contributed by atoms with Crippen LogP contribution in [0.3, 0.4) is 0 Å². The largest absolute Gasteiger partial charge is 0.411 e. The number of carbonyl (C=O) groups excluding carboxylic acids is 1. The fourth-order valence-electron chi connectivity index (χ4n) is 2.39. The lowest BCUT2D eigenvalue weighted by Crippen LogP contribution is -2.59. The van der Waals surface area contributed by atoms with Crippen LogP contribution in [0.25, 0.3) is 0 Å². The van der Waals surface area contributed by atoms with Gasteiger partial charge in [0.1, 0.15) is 5.54 Å². The summed E-state index contributed by atoms with van der Waals surface area (Å²) in [4.78, 5) is 12.9. The molecule has 6 heteroatoms. The molecule has 1 aliphatic carbocycles. The number of carbonyl (C=O) groups is 1. The van der Waals surface area contributed by atoms with Crippen molar-refractivity contribution < 1.29 is 18.0 Å². The Balaban J connectivity index is 2.18. The van der Waals surface area contributed by atoms with Gasteiger partial charge in [-0.15, -0.1) is 0 Å². The van der Waals surface area contributed by atoms with Gasteiger partial charge in [0, 0.05) is 6.54 Å². The van der Waals surface area contributed by atoms with Crippen LogP contribution >= 0.6 is 0 Å². The first-order chi connectivity index (χ1) is 7.42. The Bertz CT molecular complexity index is 299. The number of piperidine rings is 1. The highest BCUT2D eigenvalue weighted by atomic mass is 19.4. The van der Waals surface area contributed by atoms with Crippen LogP contribution in [0.2, 0.25) is 0 Å². The molecular weight excluding hydrogens is 221 g/mol. The van der Waals surface area contributed by atoms with E-state index in [-0.39, 0.29) is 19.4 Å². The number of amides is 1. The lowest BCUT2D eigenvalue weighted by molar-refractivity contribution is -0.203. The molecule has 1 N–H and O–H groups in total. The average Bonchev–Trinajstić information content (AvgIpc) is 2.98. The summed E-state index contributed by atoms with van der Waals surface area (Å²) in [6.45, 7) is 0.233. The number of nitrogens with one attached hydrogen (secondary N) is 1. The number of nitrogens with zero attached hydrogens (tertiary/aromatic N) is 1. The Labute approximate surface area is 92.0 Å². The van der Waals surface area contributed by atoms with E-state index in [1.54, 1.807) is 7.05 Å². The summed E-state index contributed by atoms with van der Waals surface area (Å²) >= 11 is 0. The molecule has 2 fully saturated rings. The molecule has 2 aliphatic rings. The number of halogens is 3. The molecule has 0 radical (unpaired) electrons. The Kier molecular flexibility index (Phi) is 2.64. The van der Waals surface area contributed by atoms with Gasteiger partial charge in [0.2, 0.25) is 5.91 Å². The Morgan fingerprint density at radius 2 is 2.06 bits per heavy atom. The SMILES string of the molecule is CNC1CCCN(C2(C(F)(F)F)CC2)C1=O. The topological polar surface area (TPSA) is 32.3 Å². The van der Waals surface area contributed by atoms with Gasteiger partial charge in [-0.2, -0.15) is 13.2 Å². The molecule has 1 saturated carbocycles. The second-order valence-corrected chi connectivity index (χ2v) is 4.50. The molecule has 1 unspecified atom stereocenters. The van der Waals surface area contributed by atoms with E-state index in [1.807, 2.05) is 0 Å². The van der Waals surface area contributed by atoms with Gasteiger partial charge < -0.3 is 10.2 Å². The molecule has 0 aromatic carbocycles. The summed E-state index contributed by atoms with van der Waals surface area (Å²) in [6, 6.07) is -0.450. The second kappa shape index (κ2) is 3.61. The number of likely N-dealkylation sites (tertiary alicyclic amines) is 1. The zero-order valence-electron chi connectivity index (χ0n) is 9.10. The van der Waals surface area contributed by atoms with E-state index >= 15 is 0 Å². The first-order valence-electron chi connectivity index (χ1n) is 5.48. The molecule has 0 aromatic rings. The zero-order valence-corrected chi connectivity index (χ0v) is 9.10. The van der Waals surface area contributed by atoms with Crippen molar-refractivity contribution in [1.82, 2.24) is 10.2 Å². The summed E-state index contributed by atoms with van der Waals surface area (Å²) in [5, 5.41) is 2.78. The van der Waals surface area contributed by atoms with Crippen LogP contribution in [-0.4, -0.2) is 42.2 Å². The summed E-state index contributed by atoms with van der Waals surface area (Å²) in [5.74, 6) is -0.399. The lowest BCUT2D eigenvalue weighted by Gasteiger charge is -2.39. The minimum absolute atomic E-state index is 0.0542. The van der Waals surface area contributed by atoms with E-state index in [2.05, 4.69) is 5.32 Å². The highest BCUT2D eigenvalue weighted by Crippen LogP contribution is 2.54. The minimum Gasteiger partial charge on any atom is -0.327 e. The van der Waals surface area contributed by atoms with E-state index in [0.717, 1.165) is 4.90 Å².